The number of ether oxygens (including phenoxy) is 2. The summed E-state index contributed by atoms with van der Waals surface area (Å²) in [5, 5.41) is 0. The maximum atomic E-state index is 5.46. The largest absolute Gasteiger partial charge is 0.497 e. The molecule has 0 aliphatic rings. The molecule has 0 aliphatic carbocycles. The molecule has 0 unspecified atom stereocenters. The molecule has 19 heavy (non-hydrogen) atoms. The maximum absolute atomic E-state index is 5.46. The first-order chi connectivity index (χ1) is 9.06. The third kappa shape index (κ3) is 2.55. The van der Waals surface area contributed by atoms with E-state index in [1.54, 1.807) is 14.2 Å². The lowest BCUT2D eigenvalue weighted by molar-refractivity contribution is -0.610. The van der Waals surface area contributed by atoms with Crippen LogP contribution in [0.1, 0.15) is 17.0 Å². The molecular formula is C16H20NO2+. The van der Waals surface area contributed by atoms with Crippen LogP contribution in [0.3, 0.4) is 0 Å². The number of benzene rings is 1. The second-order valence-electron chi connectivity index (χ2n) is 4.69. The number of hydrogen-bond donors (Lipinski definition) is 0. The Morgan fingerprint density at radius 1 is 0.842 bits per heavy atom. The highest BCUT2D eigenvalue weighted by atomic mass is 16.5. The van der Waals surface area contributed by atoms with Gasteiger partial charge < -0.3 is 9.47 Å². The van der Waals surface area contributed by atoms with E-state index in [-0.39, 0.29) is 0 Å². The van der Waals surface area contributed by atoms with Crippen LogP contribution in [0.2, 0.25) is 0 Å². The predicted octanol–water partition coefficient (Wildman–Crippen LogP) is 2.91. The number of nitrogens with zero attached hydrogens (tertiary/aromatic N) is 1. The summed E-state index contributed by atoms with van der Waals surface area (Å²) in [6, 6.07) is 10.1. The summed E-state index contributed by atoms with van der Waals surface area (Å²) >= 11 is 0. The van der Waals surface area contributed by atoms with Crippen LogP contribution in [0.15, 0.2) is 30.3 Å². The molecule has 2 rings (SSSR count). The van der Waals surface area contributed by atoms with Gasteiger partial charge in [0, 0.05) is 26.0 Å². The van der Waals surface area contributed by atoms with Crippen molar-refractivity contribution in [3.8, 4) is 17.2 Å². The van der Waals surface area contributed by atoms with Gasteiger partial charge in [-0.3, -0.25) is 0 Å². The van der Waals surface area contributed by atoms with Gasteiger partial charge in [-0.1, -0.05) is 0 Å². The highest BCUT2D eigenvalue weighted by Gasteiger charge is 2.20. The smallest absolute Gasteiger partial charge is 0.257 e. The summed E-state index contributed by atoms with van der Waals surface area (Å²) in [6.45, 7) is 6.30. The molecule has 0 atom stereocenters. The monoisotopic (exact) mass is 258 g/mol. The minimum absolute atomic E-state index is 0.822. The van der Waals surface area contributed by atoms with Crippen molar-refractivity contribution in [1.82, 2.24) is 0 Å². The minimum Gasteiger partial charge on any atom is -0.497 e. The fourth-order valence-corrected chi connectivity index (χ4v) is 2.46. The average Bonchev–Trinajstić information content (AvgIpc) is 2.37. The third-order valence-electron chi connectivity index (χ3n) is 3.21. The molecule has 3 nitrogen and oxygen atoms in total. The van der Waals surface area contributed by atoms with Crippen molar-refractivity contribution in [2.45, 2.75) is 20.8 Å². The van der Waals surface area contributed by atoms with Crippen LogP contribution >= 0.6 is 0 Å². The first-order valence-corrected chi connectivity index (χ1v) is 6.29. The minimum atomic E-state index is 0.822. The molecule has 1 aromatic carbocycles. The number of aromatic nitrogens is 1. The van der Waals surface area contributed by atoms with Crippen molar-refractivity contribution in [1.29, 1.82) is 0 Å². The molecule has 1 heterocycles. The highest BCUT2D eigenvalue weighted by molar-refractivity contribution is 5.46. The lowest BCUT2D eigenvalue weighted by Gasteiger charge is -2.10. The van der Waals surface area contributed by atoms with Crippen molar-refractivity contribution in [2.24, 2.45) is 0 Å². The van der Waals surface area contributed by atoms with Crippen molar-refractivity contribution < 1.29 is 14.0 Å². The number of pyridine rings is 1. The summed E-state index contributed by atoms with van der Waals surface area (Å²) < 4.78 is 12.9. The van der Waals surface area contributed by atoms with Crippen LogP contribution in [0.4, 0.5) is 0 Å². The maximum Gasteiger partial charge on any atom is 0.257 e. The van der Waals surface area contributed by atoms with E-state index in [0.717, 1.165) is 17.2 Å². The Morgan fingerprint density at radius 2 is 1.47 bits per heavy atom. The molecule has 0 saturated carbocycles. The first-order valence-electron chi connectivity index (χ1n) is 6.29. The van der Waals surface area contributed by atoms with Crippen LogP contribution in [-0.4, -0.2) is 14.2 Å². The Labute approximate surface area is 114 Å². The summed E-state index contributed by atoms with van der Waals surface area (Å²) in [5.41, 5.74) is 4.60. The normalized spacial score (nSPS) is 10.4. The van der Waals surface area contributed by atoms with Crippen molar-refractivity contribution in [3.63, 3.8) is 0 Å². The van der Waals surface area contributed by atoms with Gasteiger partial charge in [-0.2, -0.15) is 4.57 Å². The van der Waals surface area contributed by atoms with E-state index >= 15 is 0 Å². The summed E-state index contributed by atoms with van der Waals surface area (Å²) in [7, 11) is 3.36. The van der Waals surface area contributed by atoms with Gasteiger partial charge in [0.05, 0.1) is 20.3 Å². The van der Waals surface area contributed by atoms with E-state index in [2.05, 4.69) is 37.5 Å². The van der Waals surface area contributed by atoms with Crippen molar-refractivity contribution in [2.75, 3.05) is 14.2 Å². The zero-order valence-corrected chi connectivity index (χ0v) is 12.2. The van der Waals surface area contributed by atoms with Gasteiger partial charge in [0.1, 0.15) is 5.75 Å². The summed E-state index contributed by atoms with van der Waals surface area (Å²) in [5.74, 6) is 1.66. The van der Waals surface area contributed by atoms with Crippen molar-refractivity contribution >= 4 is 0 Å². The fraction of sp³-hybridized carbons (Fsp3) is 0.312. The number of hydrogen-bond acceptors (Lipinski definition) is 2. The first kappa shape index (κ1) is 13.4. The van der Waals surface area contributed by atoms with E-state index < -0.39 is 0 Å². The quantitative estimate of drug-likeness (QED) is 0.790. The molecule has 0 amide bonds. The number of methoxy groups -OCH3 is 2. The lowest BCUT2D eigenvalue weighted by Crippen LogP contribution is -2.38. The zero-order chi connectivity index (χ0) is 14.0. The van der Waals surface area contributed by atoms with Crippen LogP contribution in [-0.2, 0) is 0 Å². The molecule has 0 aliphatic heterocycles. The number of aryl methyl sites for hydroxylation is 3. The Hall–Kier alpha value is -2.03. The molecule has 0 radical (unpaired) electrons. The average molecular weight is 258 g/mol. The van der Waals surface area contributed by atoms with Gasteiger partial charge in [-0.15, -0.1) is 0 Å². The van der Waals surface area contributed by atoms with Gasteiger partial charge in [0.25, 0.3) is 5.69 Å². The Bertz CT molecular complexity index is 583. The van der Waals surface area contributed by atoms with E-state index in [0.29, 0.717) is 0 Å². The van der Waals surface area contributed by atoms with E-state index in [1.165, 1.54) is 17.0 Å². The van der Waals surface area contributed by atoms with E-state index in [9.17, 15) is 0 Å². The molecule has 1 aromatic heterocycles. The van der Waals surface area contributed by atoms with Gasteiger partial charge in [0.2, 0.25) is 0 Å². The SMILES string of the molecule is COc1ccc(OC)c(-[n+]2c(C)cc(C)cc2C)c1. The zero-order valence-electron chi connectivity index (χ0n) is 12.2. The lowest BCUT2D eigenvalue weighted by atomic mass is 10.1. The van der Waals surface area contributed by atoms with Crippen molar-refractivity contribution in [3.05, 3.63) is 47.3 Å². The Morgan fingerprint density at radius 3 is 2.00 bits per heavy atom. The molecule has 0 bridgehead atoms. The standard InChI is InChI=1S/C16H20NO2/c1-11-8-12(2)17(13(3)9-11)15-10-14(18-4)6-7-16(15)19-5/h6-10H,1-5H3/q+1. The predicted molar refractivity (Wildman–Crippen MR) is 75.3 cm³/mol. The van der Waals surface area contributed by atoms with E-state index in [4.69, 9.17) is 9.47 Å². The highest BCUT2D eigenvalue weighted by Crippen LogP contribution is 2.25. The van der Waals surface area contributed by atoms with Gasteiger partial charge in [-0.05, 0) is 24.6 Å². The summed E-state index contributed by atoms with van der Waals surface area (Å²) in [4.78, 5) is 0. The number of rotatable bonds is 3. The third-order valence-corrected chi connectivity index (χ3v) is 3.21. The van der Waals surface area contributed by atoms with Gasteiger partial charge in [0.15, 0.2) is 17.1 Å². The van der Waals surface area contributed by atoms with E-state index in [1.807, 2.05) is 18.2 Å². The second-order valence-corrected chi connectivity index (χ2v) is 4.69. The molecule has 100 valence electrons. The molecule has 0 spiro atoms. The molecular weight excluding hydrogens is 238 g/mol. The van der Waals surface area contributed by atoms with Gasteiger partial charge in [-0.25, -0.2) is 0 Å². The van der Waals surface area contributed by atoms with Crippen LogP contribution < -0.4 is 14.0 Å². The molecule has 0 fully saturated rings. The topological polar surface area (TPSA) is 22.3 Å². The Balaban J connectivity index is 2.70. The Kier molecular flexibility index (Phi) is 3.74. The van der Waals surface area contributed by atoms with Crippen LogP contribution in [0, 0.1) is 20.8 Å². The summed E-state index contributed by atoms with van der Waals surface area (Å²) in [6.07, 6.45) is 0. The molecule has 0 saturated heterocycles. The molecule has 3 heteroatoms. The van der Waals surface area contributed by atoms with Crippen LogP contribution in [0.5, 0.6) is 11.5 Å². The van der Waals surface area contributed by atoms with Crippen LogP contribution in [0.25, 0.3) is 5.69 Å². The van der Waals surface area contributed by atoms with Gasteiger partial charge >= 0.3 is 0 Å². The molecule has 0 N–H and O–H groups in total. The second kappa shape index (κ2) is 5.31. The fourth-order valence-electron chi connectivity index (χ4n) is 2.46. The molecule has 2 aromatic rings.